The van der Waals surface area contributed by atoms with Crippen molar-refractivity contribution in [1.82, 2.24) is 39.9 Å². The third-order valence-corrected chi connectivity index (χ3v) is 12.1. The molecule has 1 fully saturated rings. The molecule has 95 heavy (non-hydrogen) atoms. The minimum Gasteiger partial charge on any atom is -0.870 e. The average Bonchev–Trinajstić information content (AvgIpc) is 2.05. The fraction of sp³-hybridized carbons (Fsp3) is 0.365. The number of anilines is 4. The van der Waals surface area contributed by atoms with Gasteiger partial charge in [-0.25, -0.2) is 59.0 Å². The van der Waals surface area contributed by atoms with Gasteiger partial charge >= 0.3 is 43.1 Å². The number of hydrogen-bond acceptors (Lipinski definition) is 23. The van der Waals surface area contributed by atoms with E-state index >= 15 is 0 Å². The molecule has 0 atom stereocenters. The second-order valence-corrected chi connectivity index (χ2v) is 24.6. The third kappa shape index (κ3) is 34.1. The van der Waals surface area contributed by atoms with Gasteiger partial charge in [0.05, 0.1) is 0 Å². The number of oxazole rings is 3. The minimum atomic E-state index is -1.18. The van der Waals surface area contributed by atoms with Crippen LogP contribution in [0.5, 0.6) is 0 Å². The minimum absolute atomic E-state index is 0. The van der Waals surface area contributed by atoms with E-state index in [1.165, 1.54) is 92.0 Å². The monoisotopic (exact) mass is 1510 g/mol. The number of carbonyl (C=O) groups excluding carboxylic acids is 5. The van der Waals surface area contributed by atoms with Gasteiger partial charge in [0, 0.05) is 117 Å². The van der Waals surface area contributed by atoms with E-state index in [1.54, 1.807) is 110 Å². The molecule has 3 N–H and O–H groups in total. The van der Waals surface area contributed by atoms with E-state index in [0.717, 1.165) is 34.2 Å². The third-order valence-electron chi connectivity index (χ3n) is 10.6. The molecule has 1 saturated heterocycles. The molecule has 0 saturated carbocycles. The molecule has 0 bridgehead atoms. The molecule has 8 aromatic heterocycles. The SMILES string of the molecule is C.C1CCOC1.CC(=O)c1coc(-c2ccnc(N(C)C(=O)OC(C)(C)C)c2)n1.CC(=O)c1cocn1.CN(C(=O)OC(C)(C)C)c1cc(-c2nc(C(=O)O)co2)ccn1.CN(C(=O)OC(C)(C)C)c1cc(Br)ccn1.CNc1cc(Br)ccn1.Fc1cc(Br)ccn1.[Li+].[OH-]. The zero-order valence-corrected chi connectivity index (χ0v) is 59.7. The van der Waals surface area contributed by atoms with Crippen molar-refractivity contribution in [3.63, 3.8) is 0 Å². The summed E-state index contributed by atoms with van der Waals surface area (Å²) in [6.07, 6.45) is 13.7. The quantitative estimate of drug-likeness (QED) is 0.0586. The number of carboxylic acids is 1. The molecule has 32 heteroatoms. The number of aromatic carboxylic acids is 1. The Balaban J connectivity index is 0.00000114. The van der Waals surface area contributed by atoms with Crippen LogP contribution in [0.25, 0.3) is 22.9 Å². The predicted molar refractivity (Wildman–Crippen MR) is 361 cm³/mol. The number of carbonyl (C=O) groups is 6. The van der Waals surface area contributed by atoms with Crippen molar-refractivity contribution < 1.29 is 94.8 Å². The summed E-state index contributed by atoms with van der Waals surface area (Å²) >= 11 is 9.73. The van der Waals surface area contributed by atoms with Crippen molar-refractivity contribution >= 4 is 107 Å². The van der Waals surface area contributed by atoms with Crippen LogP contribution < -0.4 is 38.9 Å². The van der Waals surface area contributed by atoms with E-state index in [1.807, 2.05) is 40.0 Å². The molecule has 8 aromatic rings. The number of ether oxygens (including phenoxy) is 4. The molecular weight excluding hydrogens is 1430 g/mol. The fourth-order valence-electron chi connectivity index (χ4n) is 6.21. The first-order valence-electron chi connectivity index (χ1n) is 27.7. The first kappa shape index (κ1) is 86.7. The normalized spacial score (nSPS) is 10.9. The Hall–Kier alpha value is -8.31. The Labute approximate surface area is 588 Å². The van der Waals surface area contributed by atoms with Crippen molar-refractivity contribution in [3.8, 4) is 22.9 Å². The number of pyridine rings is 5. The first-order chi connectivity index (χ1) is 43.1. The number of carboxylic acid groups (broad SMARTS) is 1. The summed E-state index contributed by atoms with van der Waals surface area (Å²) < 4.78 is 50.4. The first-order valence-corrected chi connectivity index (χ1v) is 30.1. The number of amides is 3. The van der Waals surface area contributed by atoms with E-state index < -0.39 is 47.0 Å². The molecule has 0 unspecified atom stereocenters. The number of rotatable bonds is 9. The molecule has 0 aliphatic carbocycles. The molecule has 1 aliphatic rings. The summed E-state index contributed by atoms with van der Waals surface area (Å²) in [5.74, 6) is 0.664. The van der Waals surface area contributed by atoms with Crippen LogP contribution in [-0.2, 0) is 18.9 Å². The van der Waals surface area contributed by atoms with Crippen LogP contribution in [0.4, 0.5) is 42.0 Å². The van der Waals surface area contributed by atoms with Crippen molar-refractivity contribution in [1.29, 1.82) is 0 Å². The second kappa shape index (κ2) is 42.2. The van der Waals surface area contributed by atoms with Crippen LogP contribution in [0, 0.1) is 5.95 Å². The summed E-state index contributed by atoms with van der Waals surface area (Å²) in [5, 5.41) is 11.8. The molecule has 3 amide bonds. The van der Waals surface area contributed by atoms with Crippen LogP contribution in [-0.4, -0.2) is 144 Å². The van der Waals surface area contributed by atoms with Crippen LogP contribution in [0.3, 0.4) is 0 Å². The standard InChI is InChI=1S/C16H19N3O4.C15H17N3O5.C11H15BrN2O2.C6H7BrN2.C5H3BrFN.C5H5NO2.C4H8O.CH4.Li.H2O/c1-10(20)12-9-22-14(18-12)11-6-7-17-13(8-11)19(5)15(21)23-16(2,3)4;1-15(2,3)23-14(21)18(4)11-7-9(5-6-16-11)12-17-10(8-22-12)13(19)20;1-11(2,3)16-10(15)14(4)9-7-8(12)5-6-13-9;1-8-6-4-5(7)2-3-9-6;6-4-1-2-8-5(7)3-4;1-4(7)5-2-8-3-6-5;1-2-4-5-3-1;;;/h6-9H,1-5H3;5-8H,1-4H3,(H,19,20);5-7H,1-4H3;2-4H,1H3,(H,8,9);1-3H;2-3H,1H3;1-4H2;1H4;;1H2/q;;;;;;;;+1;/p-1. The van der Waals surface area contributed by atoms with Crippen LogP contribution in [0.15, 0.2) is 144 Å². The van der Waals surface area contributed by atoms with E-state index in [2.05, 4.69) is 97.4 Å². The van der Waals surface area contributed by atoms with Crippen LogP contribution in [0.1, 0.15) is 128 Å². The number of nitrogens with one attached hydrogen (secondary N) is 1. The number of aromatic nitrogens is 8. The summed E-state index contributed by atoms with van der Waals surface area (Å²) in [4.78, 5) is 104. The number of ketones is 2. The smallest absolute Gasteiger partial charge is 0.870 e. The van der Waals surface area contributed by atoms with E-state index in [4.69, 9.17) is 32.9 Å². The van der Waals surface area contributed by atoms with Gasteiger partial charge in [-0.05, 0) is 130 Å². The zero-order chi connectivity index (χ0) is 68.9. The van der Waals surface area contributed by atoms with Crippen molar-refractivity contribution in [2.45, 2.75) is 113 Å². The number of nitrogens with zero attached hydrogens (tertiary/aromatic N) is 11. The molecule has 9 heterocycles. The van der Waals surface area contributed by atoms with E-state index in [0.29, 0.717) is 38.7 Å². The van der Waals surface area contributed by atoms with Crippen LogP contribution in [0.2, 0.25) is 0 Å². The van der Waals surface area contributed by atoms with Gasteiger partial charge in [0.15, 0.2) is 23.7 Å². The second-order valence-electron chi connectivity index (χ2n) is 21.8. The Morgan fingerprint density at radius 1 is 0.547 bits per heavy atom. The number of halogens is 4. The fourth-order valence-corrected chi connectivity index (χ4v) is 7.17. The van der Waals surface area contributed by atoms with Gasteiger partial charge in [0.2, 0.25) is 17.7 Å². The van der Waals surface area contributed by atoms with E-state index in [-0.39, 0.29) is 66.5 Å². The topological polar surface area (TPSA) is 354 Å². The van der Waals surface area contributed by atoms with Gasteiger partial charge in [-0.3, -0.25) is 24.3 Å². The molecule has 1 aliphatic heterocycles. The summed E-state index contributed by atoms with van der Waals surface area (Å²) in [5.41, 5.74) is -0.181. The maximum absolute atomic E-state index is 12.1. The van der Waals surface area contributed by atoms with Gasteiger partial charge in [-0.1, -0.05) is 55.2 Å². The summed E-state index contributed by atoms with van der Waals surface area (Å²) in [6, 6.07) is 16.8. The van der Waals surface area contributed by atoms with Crippen molar-refractivity contribution in [2.24, 2.45) is 0 Å². The maximum Gasteiger partial charge on any atom is 1.00 e. The Morgan fingerprint density at radius 3 is 1.21 bits per heavy atom. The van der Waals surface area contributed by atoms with E-state index in [9.17, 15) is 33.2 Å². The van der Waals surface area contributed by atoms with Gasteiger partial charge in [-0.2, -0.15) is 4.39 Å². The molecule has 27 nitrogen and oxygen atoms in total. The summed E-state index contributed by atoms with van der Waals surface area (Å²) in [7, 11) is 6.56. The summed E-state index contributed by atoms with van der Waals surface area (Å²) in [6.45, 7) is 21.0. The zero-order valence-electron chi connectivity index (χ0n) is 54.9. The Bertz CT molecular complexity index is 3500. The number of hydrogen-bond donors (Lipinski definition) is 2. The maximum atomic E-state index is 12.1. The Kier molecular flexibility index (Phi) is 38.5. The van der Waals surface area contributed by atoms with Crippen molar-refractivity contribution in [2.75, 3.05) is 61.4 Å². The largest absolute Gasteiger partial charge is 1.00 e. The predicted octanol–water partition coefficient (Wildman–Crippen LogP) is 12.3. The van der Waals surface area contributed by atoms with Gasteiger partial charge in [0.25, 0.3) is 0 Å². The Morgan fingerprint density at radius 2 is 0.926 bits per heavy atom. The van der Waals surface area contributed by atoms with Gasteiger partial charge in [0.1, 0.15) is 70.3 Å². The van der Waals surface area contributed by atoms with Crippen molar-refractivity contribution in [3.05, 3.63) is 153 Å². The molecular formula is C63H79Br3FLiN12O15. The van der Waals surface area contributed by atoms with Crippen LogP contribution >= 0.6 is 47.8 Å². The molecule has 0 radical (unpaired) electrons. The molecule has 510 valence electrons. The van der Waals surface area contributed by atoms with Gasteiger partial charge in [-0.15, -0.1) is 0 Å². The molecule has 9 rings (SSSR count). The average molecular weight is 1510 g/mol. The van der Waals surface area contributed by atoms with Gasteiger partial charge < -0.3 is 48.1 Å². The number of Topliss-reactive ketones (excluding diaryl/α,β-unsaturated/α-hetero) is 2. The molecule has 0 spiro atoms. The molecule has 0 aromatic carbocycles.